The summed E-state index contributed by atoms with van der Waals surface area (Å²) in [6.07, 6.45) is 8.36. The zero-order valence-corrected chi connectivity index (χ0v) is 12.9. The zero-order valence-electron chi connectivity index (χ0n) is 12.9. The third kappa shape index (κ3) is 3.15. The largest absolute Gasteiger partial charge is 0.481 e. The lowest BCUT2D eigenvalue weighted by molar-refractivity contribution is -0.137. The maximum absolute atomic E-state index is 12.3. The minimum Gasteiger partial charge on any atom is -0.481 e. The first-order chi connectivity index (χ1) is 10.5. The molecule has 2 aliphatic carbocycles. The van der Waals surface area contributed by atoms with E-state index in [9.17, 15) is 9.59 Å². The quantitative estimate of drug-likeness (QED) is 0.841. The molecule has 1 aromatic heterocycles. The van der Waals surface area contributed by atoms with Gasteiger partial charge < -0.3 is 10.4 Å². The van der Waals surface area contributed by atoms with Gasteiger partial charge in [-0.25, -0.2) is 0 Å². The van der Waals surface area contributed by atoms with Crippen LogP contribution in [0.25, 0.3) is 0 Å². The number of hydrogen-bond donors (Lipinski definition) is 2. The summed E-state index contributed by atoms with van der Waals surface area (Å²) in [6.45, 7) is 2.38. The lowest BCUT2D eigenvalue weighted by Crippen LogP contribution is -2.40. The summed E-state index contributed by atoms with van der Waals surface area (Å²) in [5.41, 5.74) is 0.500. The Balaban J connectivity index is 1.54. The van der Waals surface area contributed by atoms with Gasteiger partial charge in [0.25, 0.3) is 5.91 Å². The van der Waals surface area contributed by atoms with E-state index in [2.05, 4.69) is 17.3 Å². The molecule has 0 spiro atoms. The van der Waals surface area contributed by atoms with Crippen molar-refractivity contribution in [2.75, 3.05) is 0 Å². The van der Waals surface area contributed by atoms with Crippen LogP contribution in [-0.4, -0.2) is 32.8 Å². The van der Waals surface area contributed by atoms with E-state index in [1.54, 1.807) is 6.20 Å². The Morgan fingerprint density at radius 1 is 1.45 bits per heavy atom. The van der Waals surface area contributed by atoms with E-state index < -0.39 is 5.97 Å². The summed E-state index contributed by atoms with van der Waals surface area (Å²) in [5.74, 6) is 1.26. The van der Waals surface area contributed by atoms with Gasteiger partial charge in [-0.05, 0) is 43.9 Å². The molecule has 22 heavy (non-hydrogen) atoms. The van der Waals surface area contributed by atoms with Gasteiger partial charge in [0.15, 0.2) is 0 Å². The maximum atomic E-state index is 12.3. The molecule has 6 nitrogen and oxygen atoms in total. The Hall–Kier alpha value is -1.85. The van der Waals surface area contributed by atoms with Crippen LogP contribution in [0.2, 0.25) is 0 Å². The van der Waals surface area contributed by atoms with Gasteiger partial charge in [0.1, 0.15) is 0 Å². The number of hydrogen-bond acceptors (Lipinski definition) is 3. The predicted octanol–water partition coefficient (Wildman–Crippen LogP) is 1.91. The number of aliphatic carboxylic acids is 1. The van der Waals surface area contributed by atoms with Gasteiger partial charge in [-0.2, -0.15) is 5.10 Å². The molecule has 3 rings (SSSR count). The van der Waals surface area contributed by atoms with Crippen molar-refractivity contribution in [3.8, 4) is 0 Å². The molecular weight excluding hydrogens is 282 g/mol. The van der Waals surface area contributed by atoms with Crippen LogP contribution in [0.15, 0.2) is 12.4 Å². The number of nitrogens with one attached hydrogen (secondary N) is 1. The van der Waals surface area contributed by atoms with Crippen LogP contribution in [0, 0.1) is 17.8 Å². The third-order valence-electron chi connectivity index (χ3n) is 5.24. The lowest BCUT2D eigenvalue weighted by Gasteiger charge is -2.28. The molecule has 4 unspecified atom stereocenters. The number of aryl methyl sites for hydroxylation is 1. The van der Waals surface area contributed by atoms with E-state index in [4.69, 9.17) is 5.11 Å². The highest BCUT2D eigenvalue weighted by Gasteiger charge is 2.42. The lowest BCUT2D eigenvalue weighted by atomic mass is 9.84. The van der Waals surface area contributed by atoms with E-state index in [0.29, 0.717) is 11.5 Å². The van der Waals surface area contributed by atoms with Crippen molar-refractivity contribution in [2.24, 2.45) is 17.8 Å². The minimum atomic E-state index is -0.869. The van der Waals surface area contributed by atoms with Crippen LogP contribution in [0.3, 0.4) is 0 Å². The number of aromatic nitrogens is 2. The fourth-order valence-corrected chi connectivity index (χ4v) is 4.12. The molecule has 2 bridgehead atoms. The van der Waals surface area contributed by atoms with Crippen molar-refractivity contribution < 1.29 is 14.7 Å². The van der Waals surface area contributed by atoms with E-state index in [1.165, 1.54) is 36.6 Å². The van der Waals surface area contributed by atoms with Crippen molar-refractivity contribution in [2.45, 2.75) is 51.6 Å². The molecule has 0 radical (unpaired) electrons. The number of rotatable bonds is 6. The predicted molar refractivity (Wildman–Crippen MR) is 80.3 cm³/mol. The SMILES string of the molecule is CC(NC(=O)c1cnn(CCC(=O)O)c1)C1CC2CCC1C2. The molecule has 2 fully saturated rings. The number of nitrogens with zero attached hydrogens (tertiary/aromatic N) is 2. The van der Waals surface area contributed by atoms with Gasteiger partial charge in [0.05, 0.1) is 24.7 Å². The van der Waals surface area contributed by atoms with Crippen molar-refractivity contribution in [1.82, 2.24) is 15.1 Å². The molecule has 4 atom stereocenters. The fraction of sp³-hybridized carbons (Fsp3) is 0.688. The highest BCUT2D eigenvalue weighted by atomic mass is 16.4. The molecule has 0 aromatic carbocycles. The summed E-state index contributed by atoms with van der Waals surface area (Å²) in [4.78, 5) is 22.8. The molecule has 120 valence electrons. The Morgan fingerprint density at radius 2 is 2.27 bits per heavy atom. The normalized spacial score (nSPS) is 27.8. The summed E-state index contributed by atoms with van der Waals surface area (Å²) < 4.78 is 1.51. The number of carbonyl (C=O) groups is 2. The average Bonchev–Trinajstić information content (AvgIpc) is 3.20. The molecular formula is C16H23N3O3. The van der Waals surface area contributed by atoms with Crippen LogP contribution >= 0.6 is 0 Å². The van der Waals surface area contributed by atoms with E-state index in [-0.39, 0.29) is 24.9 Å². The number of amides is 1. The molecule has 6 heteroatoms. The molecule has 1 aromatic rings. The molecule has 2 N–H and O–H groups in total. The van der Waals surface area contributed by atoms with Crippen molar-refractivity contribution >= 4 is 11.9 Å². The summed E-state index contributed by atoms with van der Waals surface area (Å²) in [6, 6.07) is 0.185. The fourth-order valence-electron chi connectivity index (χ4n) is 4.12. The Labute approximate surface area is 129 Å². The van der Waals surface area contributed by atoms with Crippen LogP contribution in [-0.2, 0) is 11.3 Å². The highest BCUT2D eigenvalue weighted by molar-refractivity contribution is 5.93. The van der Waals surface area contributed by atoms with Crippen LogP contribution in [0.1, 0.15) is 49.4 Å². The summed E-state index contributed by atoms with van der Waals surface area (Å²) in [5, 5.41) is 15.8. The second-order valence-electron chi connectivity index (χ2n) is 6.74. The molecule has 1 amide bonds. The van der Waals surface area contributed by atoms with Gasteiger partial charge in [0, 0.05) is 12.2 Å². The Morgan fingerprint density at radius 3 is 2.91 bits per heavy atom. The number of carbonyl (C=O) groups excluding carboxylic acids is 1. The van der Waals surface area contributed by atoms with E-state index in [1.807, 2.05) is 0 Å². The first-order valence-electron chi connectivity index (χ1n) is 8.08. The van der Waals surface area contributed by atoms with Gasteiger partial charge in [-0.3, -0.25) is 14.3 Å². The number of fused-ring (bicyclic) bond motifs is 2. The average molecular weight is 305 g/mol. The Bertz CT molecular complexity index is 569. The van der Waals surface area contributed by atoms with Crippen molar-refractivity contribution in [3.05, 3.63) is 18.0 Å². The van der Waals surface area contributed by atoms with Crippen LogP contribution in [0.5, 0.6) is 0 Å². The van der Waals surface area contributed by atoms with Gasteiger partial charge in [-0.1, -0.05) is 6.42 Å². The second kappa shape index (κ2) is 6.10. The van der Waals surface area contributed by atoms with E-state index in [0.717, 1.165) is 11.8 Å². The second-order valence-corrected chi connectivity index (χ2v) is 6.74. The first kappa shape index (κ1) is 15.1. The Kier molecular flexibility index (Phi) is 4.18. The minimum absolute atomic E-state index is 0.00425. The van der Waals surface area contributed by atoms with Crippen LogP contribution in [0.4, 0.5) is 0 Å². The molecule has 0 saturated heterocycles. The van der Waals surface area contributed by atoms with E-state index >= 15 is 0 Å². The molecule has 2 aliphatic rings. The molecule has 0 aliphatic heterocycles. The monoisotopic (exact) mass is 305 g/mol. The summed E-state index contributed by atoms with van der Waals surface area (Å²) >= 11 is 0. The zero-order chi connectivity index (χ0) is 15.7. The van der Waals surface area contributed by atoms with Gasteiger partial charge >= 0.3 is 5.97 Å². The van der Waals surface area contributed by atoms with Gasteiger partial charge in [-0.15, -0.1) is 0 Å². The van der Waals surface area contributed by atoms with Crippen molar-refractivity contribution in [1.29, 1.82) is 0 Å². The smallest absolute Gasteiger partial charge is 0.305 e. The number of carboxylic acid groups (broad SMARTS) is 1. The molecule has 2 saturated carbocycles. The van der Waals surface area contributed by atoms with Gasteiger partial charge in [0.2, 0.25) is 0 Å². The highest BCUT2D eigenvalue weighted by Crippen LogP contribution is 2.49. The maximum Gasteiger partial charge on any atom is 0.305 e. The molecule has 1 heterocycles. The topological polar surface area (TPSA) is 84.2 Å². The van der Waals surface area contributed by atoms with Crippen LogP contribution < -0.4 is 5.32 Å². The summed E-state index contributed by atoms with van der Waals surface area (Å²) in [7, 11) is 0. The first-order valence-corrected chi connectivity index (χ1v) is 8.08. The number of carboxylic acids is 1. The third-order valence-corrected chi connectivity index (χ3v) is 5.24. The van der Waals surface area contributed by atoms with Crippen molar-refractivity contribution in [3.63, 3.8) is 0 Å². The standard InChI is InChI=1S/C16H23N3O3/c1-10(14-7-11-2-3-12(14)6-11)18-16(22)13-8-17-19(9-13)5-4-15(20)21/h8-12,14H,2-7H2,1H3,(H,18,22)(H,20,21).